The number of nitrogens with zero attached hydrogens (tertiary/aromatic N) is 2. The maximum Gasteiger partial charge on any atom is 0.336 e. The molecule has 2 aromatic rings. The number of rotatable bonds is 3. The van der Waals surface area contributed by atoms with Crippen molar-refractivity contribution in [3.05, 3.63) is 35.7 Å². The van der Waals surface area contributed by atoms with Crippen molar-refractivity contribution in [1.29, 1.82) is 0 Å². The Morgan fingerprint density at radius 3 is 2.59 bits per heavy atom. The van der Waals surface area contributed by atoms with E-state index in [0.29, 0.717) is 0 Å². The number of hydrogen-bond donors (Lipinski definition) is 1. The first kappa shape index (κ1) is 11.2. The minimum absolute atomic E-state index is 0.0861. The number of aromatic carboxylic acids is 1. The van der Waals surface area contributed by atoms with Crippen LogP contribution in [0.2, 0.25) is 0 Å². The molecule has 1 aromatic carbocycles. The first-order valence-corrected chi connectivity index (χ1v) is 4.54. The lowest BCUT2D eigenvalue weighted by molar-refractivity contribution is 0.0697. The van der Waals surface area contributed by atoms with Crippen LogP contribution in [0.5, 0.6) is 0 Å². The molecule has 88 valence electrons. The Hall–Kier alpha value is -2.31. The van der Waals surface area contributed by atoms with E-state index in [9.17, 15) is 13.6 Å². The van der Waals surface area contributed by atoms with Gasteiger partial charge in [-0.25, -0.2) is 4.79 Å². The van der Waals surface area contributed by atoms with E-state index in [1.807, 2.05) is 0 Å². The molecule has 0 spiro atoms. The average molecular weight is 240 g/mol. The first-order valence-electron chi connectivity index (χ1n) is 4.54. The van der Waals surface area contributed by atoms with E-state index in [4.69, 9.17) is 5.11 Å². The fourth-order valence-corrected chi connectivity index (χ4v) is 1.29. The Bertz CT molecular complexity index is 554. The van der Waals surface area contributed by atoms with E-state index in [-0.39, 0.29) is 17.0 Å². The predicted octanol–water partition coefficient (Wildman–Crippen LogP) is 2.37. The van der Waals surface area contributed by atoms with Crippen molar-refractivity contribution < 1.29 is 23.1 Å². The molecule has 1 heterocycles. The van der Waals surface area contributed by atoms with Crippen molar-refractivity contribution in [3.8, 4) is 11.5 Å². The molecule has 0 bridgehead atoms. The number of halogens is 2. The standard InChI is InChI=1S/C10H6F2N2O3/c11-7(12)9-14-13-8(17-9)5-3-1-2-4-6(5)10(15)16/h1-4,7H,(H,15,16). The van der Waals surface area contributed by atoms with E-state index in [0.717, 1.165) is 0 Å². The summed E-state index contributed by atoms with van der Waals surface area (Å²) in [6.45, 7) is 0. The second-order valence-corrected chi connectivity index (χ2v) is 3.10. The lowest BCUT2D eigenvalue weighted by atomic mass is 10.1. The topological polar surface area (TPSA) is 76.2 Å². The molecule has 0 radical (unpaired) electrons. The Balaban J connectivity index is 2.49. The predicted molar refractivity (Wildman–Crippen MR) is 51.7 cm³/mol. The average Bonchev–Trinajstić information content (AvgIpc) is 2.78. The van der Waals surface area contributed by atoms with Gasteiger partial charge in [0.05, 0.1) is 11.1 Å². The number of aromatic nitrogens is 2. The normalized spacial score (nSPS) is 10.8. The zero-order valence-electron chi connectivity index (χ0n) is 8.30. The first-order chi connectivity index (χ1) is 8.09. The molecule has 0 unspecified atom stereocenters. The van der Waals surface area contributed by atoms with Crippen LogP contribution in [0.1, 0.15) is 22.7 Å². The van der Waals surface area contributed by atoms with Crippen LogP contribution in [0.25, 0.3) is 11.5 Å². The van der Waals surface area contributed by atoms with Crippen LogP contribution >= 0.6 is 0 Å². The van der Waals surface area contributed by atoms with Gasteiger partial charge in [-0.2, -0.15) is 8.78 Å². The molecule has 5 nitrogen and oxygen atoms in total. The number of hydrogen-bond acceptors (Lipinski definition) is 4. The van der Waals surface area contributed by atoms with E-state index in [1.165, 1.54) is 18.2 Å². The van der Waals surface area contributed by atoms with Crippen LogP contribution < -0.4 is 0 Å². The van der Waals surface area contributed by atoms with E-state index in [1.54, 1.807) is 6.07 Å². The third-order valence-electron chi connectivity index (χ3n) is 2.02. The Labute approximate surface area is 93.7 Å². The number of carbonyl (C=O) groups is 1. The highest BCUT2D eigenvalue weighted by Crippen LogP contribution is 2.25. The van der Waals surface area contributed by atoms with Crippen molar-refractivity contribution in [2.45, 2.75) is 6.43 Å². The largest absolute Gasteiger partial charge is 0.478 e. The van der Waals surface area contributed by atoms with E-state index in [2.05, 4.69) is 14.6 Å². The minimum Gasteiger partial charge on any atom is -0.478 e. The van der Waals surface area contributed by atoms with Crippen LogP contribution in [-0.4, -0.2) is 21.3 Å². The Kier molecular flexibility index (Phi) is 2.82. The van der Waals surface area contributed by atoms with Gasteiger partial charge in [0, 0.05) is 0 Å². The minimum atomic E-state index is -2.88. The fraction of sp³-hybridized carbons (Fsp3) is 0.100. The molecule has 2 rings (SSSR count). The summed E-state index contributed by atoms with van der Waals surface area (Å²) in [5.74, 6) is -2.27. The summed E-state index contributed by atoms with van der Waals surface area (Å²) in [6, 6.07) is 5.79. The van der Waals surface area contributed by atoms with Gasteiger partial charge in [0.1, 0.15) is 0 Å². The second kappa shape index (κ2) is 4.28. The maximum atomic E-state index is 12.2. The molecule has 0 atom stereocenters. The lowest BCUT2D eigenvalue weighted by Gasteiger charge is -1.99. The zero-order chi connectivity index (χ0) is 12.4. The van der Waals surface area contributed by atoms with Crippen LogP contribution in [0.4, 0.5) is 8.78 Å². The van der Waals surface area contributed by atoms with E-state index < -0.39 is 18.3 Å². The van der Waals surface area contributed by atoms with Crippen LogP contribution in [0.15, 0.2) is 28.7 Å². The van der Waals surface area contributed by atoms with Crippen molar-refractivity contribution in [2.75, 3.05) is 0 Å². The summed E-state index contributed by atoms with van der Waals surface area (Å²) < 4.78 is 29.2. The van der Waals surface area contributed by atoms with Crippen molar-refractivity contribution in [1.82, 2.24) is 10.2 Å². The molecule has 0 aliphatic carbocycles. The summed E-state index contributed by atoms with van der Waals surface area (Å²) in [6.07, 6.45) is -2.88. The zero-order valence-corrected chi connectivity index (χ0v) is 8.30. The van der Waals surface area contributed by atoms with Gasteiger partial charge in [-0.15, -0.1) is 10.2 Å². The fourth-order valence-electron chi connectivity index (χ4n) is 1.29. The number of alkyl halides is 2. The number of carboxylic acids is 1. The summed E-state index contributed by atoms with van der Waals surface area (Å²) in [7, 11) is 0. The summed E-state index contributed by atoms with van der Waals surface area (Å²) in [5, 5.41) is 15.4. The smallest absolute Gasteiger partial charge is 0.336 e. The molecular formula is C10H6F2N2O3. The van der Waals surface area contributed by atoms with Crippen LogP contribution in [0.3, 0.4) is 0 Å². The van der Waals surface area contributed by atoms with Crippen LogP contribution in [-0.2, 0) is 0 Å². The third kappa shape index (κ3) is 2.12. The van der Waals surface area contributed by atoms with Gasteiger partial charge in [-0.05, 0) is 12.1 Å². The highest BCUT2D eigenvalue weighted by Gasteiger charge is 2.20. The van der Waals surface area contributed by atoms with Gasteiger partial charge in [0.2, 0.25) is 5.89 Å². The molecule has 0 saturated heterocycles. The maximum absolute atomic E-state index is 12.2. The highest BCUT2D eigenvalue weighted by atomic mass is 19.3. The molecule has 17 heavy (non-hydrogen) atoms. The molecule has 0 fully saturated rings. The molecule has 0 aliphatic rings. The Morgan fingerprint density at radius 1 is 1.29 bits per heavy atom. The molecule has 0 aliphatic heterocycles. The van der Waals surface area contributed by atoms with Crippen molar-refractivity contribution in [2.24, 2.45) is 0 Å². The van der Waals surface area contributed by atoms with Gasteiger partial charge in [0.25, 0.3) is 5.89 Å². The van der Waals surface area contributed by atoms with Gasteiger partial charge in [-0.3, -0.25) is 0 Å². The molecule has 1 N–H and O–H groups in total. The molecule has 0 saturated carbocycles. The molecule has 0 amide bonds. The second-order valence-electron chi connectivity index (χ2n) is 3.10. The molecule has 7 heteroatoms. The monoisotopic (exact) mass is 240 g/mol. The quantitative estimate of drug-likeness (QED) is 0.891. The lowest BCUT2D eigenvalue weighted by Crippen LogP contribution is -1.99. The van der Waals surface area contributed by atoms with Gasteiger partial charge in [-0.1, -0.05) is 12.1 Å². The Morgan fingerprint density at radius 2 is 2.00 bits per heavy atom. The van der Waals surface area contributed by atoms with Gasteiger partial charge >= 0.3 is 12.4 Å². The summed E-state index contributed by atoms with van der Waals surface area (Å²) >= 11 is 0. The molecule has 1 aromatic heterocycles. The van der Waals surface area contributed by atoms with Crippen LogP contribution in [0, 0.1) is 0 Å². The summed E-state index contributed by atoms with van der Waals surface area (Å²) in [5.41, 5.74) is 0.0244. The SMILES string of the molecule is O=C(O)c1ccccc1-c1nnc(C(F)F)o1. The van der Waals surface area contributed by atoms with E-state index >= 15 is 0 Å². The highest BCUT2D eigenvalue weighted by molar-refractivity contribution is 5.94. The summed E-state index contributed by atoms with van der Waals surface area (Å²) in [4.78, 5) is 10.9. The molecular weight excluding hydrogens is 234 g/mol. The number of carboxylic acid groups (broad SMARTS) is 1. The van der Waals surface area contributed by atoms with Gasteiger partial charge in [0.15, 0.2) is 0 Å². The van der Waals surface area contributed by atoms with Crippen molar-refractivity contribution >= 4 is 5.97 Å². The van der Waals surface area contributed by atoms with Crippen molar-refractivity contribution in [3.63, 3.8) is 0 Å². The third-order valence-corrected chi connectivity index (χ3v) is 2.02. The van der Waals surface area contributed by atoms with Gasteiger partial charge < -0.3 is 9.52 Å². The number of benzene rings is 1.